The van der Waals surface area contributed by atoms with Crippen LogP contribution in [0.15, 0.2) is 0 Å². The number of ether oxygens (including phenoxy) is 2. The van der Waals surface area contributed by atoms with Crippen molar-refractivity contribution < 1.29 is 9.47 Å². The van der Waals surface area contributed by atoms with Crippen LogP contribution in [0.2, 0.25) is 0 Å². The Morgan fingerprint density at radius 1 is 1.17 bits per heavy atom. The van der Waals surface area contributed by atoms with E-state index in [4.69, 9.17) is 9.47 Å². The Morgan fingerprint density at radius 3 is 2.67 bits per heavy atom. The molecule has 2 atom stereocenters. The van der Waals surface area contributed by atoms with Crippen LogP contribution in [-0.2, 0) is 9.47 Å². The van der Waals surface area contributed by atoms with E-state index >= 15 is 0 Å². The summed E-state index contributed by atoms with van der Waals surface area (Å²) in [6, 6.07) is 0. The molecule has 1 fully saturated rings. The predicted octanol–water partition coefficient (Wildman–Crippen LogP) is 1.50. The molecule has 0 aromatic carbocycles. The van der Waals surface area contributed by atoms with Gasteiger partial charge in [-0.3, -0.25) is 0 Å². The van der Waals surface area contributed by atoms with Crippen molar-refractivity contribution in [3.05, 3.63) is 0 Å². The third kappa shape index (κ3) is 7.31. The molecular formula is C14H30N2O2. The van der Waals surface area contributed by atoms with E-state index < -0.39 is 0 Å². The first kappa shape index (κ1) is 15.9. The van der Waals surface area contributed by atoms with Gasteiger partial charge in [0, 0.05) is 13.7 Å². The minimum Gasteiger partial charge on any atom is -0.381 e. The second-order valence-corrected chi connectivity index (χ2v) is 5.42. The minimum absolute atomic E-state index is 0.410. The van der Waals surface area contributed by atoms with Crippen molar-refractivity contribution >= 4 is 0 Å². The smallest absolute Gasteiger partial charge is 0.0600 e. The Balaban J connectivity index is 1.91. The molecule has 18 heavy (non-hydrogen) atoms. The number of methoxy groups -OCH3 is 1. The fourth-order valence-corrected chi connectivity index (χ4v) is 2.41. The fraction of sp³-hybridized carbons (Fsp3) is 1.00. The van der Waals surface area contributed by atoms with Gasteiger partial charge in [0.1, 0.15) is 0 Å². The summed E-state index contributed by atoms with van der Waals surface area (Å²) in [4.78, 5) is 2.21. The number of nitrogens with one attached hydrogen (secondary N) is 1. The molecule has 1 N–H and O–H groups in total. The summed E-state index contributed by atoms with van der Waals surface area (Å²) < 4.78 is 11.3. The van der Waals surface area contributed by atoms with Gasteiger partial charge in [0.25, 0.3) is 0 Å². The van der Waals surface area contributed by atoms with Crippen molar-refractivity contribution in [3.63, 3.8) is 0 Å². The van der Waals surface area contributed by atoms with Gasteiger partial charge in [-0.05, 0) is 59.3 Å². The highest BCUT2D eigenvalue weighted by Gasteiger charge is 2.21. The first-order valence-corrected chi connectivity index (χ1v) is 7.22. The zero-order valence-corrected chi connectivity index (χ0v) is 12.3. The van der Waals surface area contributed by atoms with Gasteiger partial charge in [-0.15, -0.1) is 0 Å². The Morgan fingerprint density at radius 2 is 1.94 bits per heavy atom. The maximum Gasteiger partial charge on any atom is 0.0600 e. The van der Waals surface area contributed by atoms with E-state index in [0.29, 0.717) is 12.2 Å². The molecule has 4 nitrogen and oxygen atoms in total. The topological polar surface area (TPSA) is 33.7 Å². The lowest BCUT2D eigenvalue weighted by Crippen LogP contribution is -2.30. The van der Waals surface area contributed by atoms with E-state index in [1.54, 1.807) is 7.11 Å². The van der Waals surface area contributed by atoms with Crippen molar-refractivity contribution in [3.8, 4) is 0 Å². The lowest BCUT2D eigenvalue weighted by Gasteiger charge is -2.28. The molecule has 0 aliphatic heterocycles. The van der Waals surface area contributed by atoms with Crippen LogP contribution >= 0.6 is 0 Å². The molecule has 1 aliphatic rings. The van der Waals surface area contributed by atoms with Crippen LogP contribution in [0.4, 0.5) is 0 Å². The lowest BCUT2D eigenvalue weighted by molar-refractivity contribution is -0.0282. The molecule has 0 spiro atoms. The largest absolute Gasteiger partial charge is 0.381 e. The summed E-state index contributed by atoms with van der Waals surface area (Å²) in [5, 5.41) is 3.42. The zero-order chi connectivity index (χ0) is 13.2. The van der Waals surface area contributed by atoms with Crippen LogP contribution in [0.25, 0.3) is 0 Å². The average molecular weight is 258 g/mol. The Bertz CT molecular complexity index is 200. The van der Waals surface area contributed by atoms with Crippen LogP contribution in [0.3, 0.4) is 0 Å². The lowest BCUT2D eigenvalue weighted by atomic mass is 9.95. The van der Waals surface area contributed by atoms with Gasteiger partial charge in [0.05, 0.1) is 18.8 Å². The standard InChI is InChI=1S/C14H30N2O2/c1-16(2)10-5-8-15-9-11-18-14-7-4-6-13(12-14)17-3/h13-15H,4-12H2,1-3H3. The Labute approximate surface area is 112 Å². The maximum atomic E-state index is 5.89. The molecular weight excluding hydrogens is 228 g/mol. The second kappa shape index (κ2) is 9.73. The van der Waals surface area contributed by atoms with Gasteiger partial charge in [-0.25, -0.2) is 0 Å². The molecule has 1 saturated carbocycles. The monoisotopic (exact) mass is 258 g/mol. The highest BCUT2D eigenvalue weighted by Crippen LogP contribution is 2.22. The SMILES string of the molecule is COC1CCCC(OCCNCCCN(C)C)C1. The summed E-state index contributed by atoms with van der Waals surface area (Å²) in [6.45, 7) is 4.00. The van der Waals surface area contributed by atoms with Crippen LogP contribution < -0.4 is 5.32 Å². The van der Waals surface area contributed by atoms with E-state index in [1.807, 2.05) is 0 Å². The molecule has 0 saturated heterocycles. The number of hydrogen-bond acceptors (Lipinski definition) is 4. The van der Waals surface area contributed by atoms with Crippen LogP contribution in [0, 0.1) is 0 Å². The van der Waals surface area contributed by atoms with E-state index in [0.717, 1.165) is 32.7 Å². The van der Waals surface area contributed by atoms with Crippen molar-refractivity contribution in [2.75, 3.05) is 47.4 Å². The van der Waals surface area contributed by atoms with Crippen LogP contribution in [0.1, 0.15) is 32.1 Å². The highest BCUT2D eigenvalue weighted by molar-refractivity contribution is 4.73. The highest BCUT2D eigenvalue weighted by atomic mass is 16.5. The first-order chi connectivity index (χ1) is 8.72. The molecule has 1 aliphatic carbocycles. The van der Waals surface area contributed by atoms with E-state index in [9.17, 15) is 0 Å². The van der Waals surface area contributed by atoms with Crippen LogP contribution in [0.5, 0.6) is 0 Å². The third-order valence-corrected chi connectivity index (χ3v) is 3.50. The van der Waals surface area contributed by atoms with Gasteiger partial charge < -0.3 is 19.7 Å². The summed E-state index contributed by atoms with van der Waals surface area (Å²) in [7, 11) is 6.02. The summed E-state index contributed by atoms with van der Waals surface area (Å²) in [6.07, 6.45) is 6.71. The average Bonchev–Trinajstić information content (AvgIpc) is 2.37. The molecule has 4 heteroatoms. The predicted molar refractivity (Wildman–Crippen MR) is 75.0 cm³/mol. The summed E-state index contributed by atoms with van der Waals surface area (Å²) >= 11 is 0. The van der Waals surface area contributed by atoms with Crippen molar-refractivity contribution in [1.82, 2.24) is 10.2 Å². The van der Waals surface area contributed by atoms with Crippen molar-refractivity contribution in [1.29, 1.82) is 0 Å². The minimum atomic E-state index is 0.410. The number of nitrogens with zero attached hydrogens (tertiary/aromatic N) is 1. The van der Waals surface area contributed by atoms with E-state index in [1.165, 1.54) is 25.7 Å². The summed E-state index contributed by atoms with van der Waals surface area (Å²) in [5.41, 5.74) is 0. The molecule has 0 heterocycles. The molecule has 0 radical (unpaired) electrons. The third-order valence-electron chi connectivity index (χ3n) is 3.50. The number of rotatable bonds is 9. The Kier molecular flexibility index (Phi) is 8.59. The zero-order valence-electron chi connectivity index (χ0n) is 12.3. The molecule has 0 amide bonds. The molecule has 108 valence electrons. The number of hydrogen-bond donors (Lipinski definition) is 1. The second-order valence-electron chi connectivity index (χ2n) is 5.42. The van der Waals surface area contributed by atoms with Crippen molar-refractivity contribution in [2.45, 2.75) is 44.3 Å². The molecule has 0 bridgehead atoms. The molecule has 1 rings (SSSR count). The van der Waals surface area contributed by atoms with Gasteiger partial charge in [-0.2, -0.15) is 0 Å². The van der Waals surface area contributed by atoms with Gasteiger partial charge in [0.15, 0.2) is 0 Å². The maximum absolute atomic E-state index is 5.89. The first-order valence-electron chi connectivity index (χ1n) is 7.22. The normalized spacial score (nSPS) is 24.7. The molecule has 0 aromatic heterocycles. The van der Waals surface area contributed by atoms with Crippen molar-refractivity contribution in [2.24, 2.45) is 0 Å². The molecule has 0 aromatic rings. The fourth-order valence-electron chi connectivity index (χ4n) is 2.41. The van der Waals surface area contributed by atoms with E-state index in [-0.39, 0.29) is 0 Å². The quantitative estimate of drug-likeness (QED) is 0.636. The van der Waals surface area contributed by atoms with Gasteiger partial charge >= 0.3 is 0 Å². The summed E-state index contributed by atoms with van der Waals surface area (Å²) in [5.74, 6) is 0. The van der Waals surface area contributed by atoms with E-state index in [2.05, 4.69) is 24.3 Å². The van der Waals surface area contributed by atoms with Gasteiger partial charge in [-0.1, -0.05) is 0 Å². The Hall–Kier alpha value is -0.160. The molecule has 2 unspecified atom stereocenters. The van der Waals surface area contributed by atoms with Crippen LogP contribution in [-0.4, -0.2) is 64.6 Å². The van der Waals surface area contributed by atoms with Gasteiger partial charge in [0.2, 0.25) is 0 Å².